The fourth-order valence-electron chi connectivity index (χ4n) is 2.99. The van der Waals surface area contributed by atoms with E-state index in [1.807, 2.05) is 41.3 Å². The summed E-state index contributed by atoms with van der Waals surface area (Å²) < 4.78 is 5.51. The topological polar surface area (TPSA) is 59.5 Å². The molecule has 3 rings (SSSR count). The summed E-state index contributed by atoms with van der Waals surface area (Å²) >= 11 is 0. The Hall–Kier alpha value is -2.53. The Balaban J connectivity index is 1.94. The number of pyridine rings is 1. The molecule has 1 unspecified atom stereocenters. The van der Waals surface area contributed by atoms with Crippen LogP contribution in [0.25, 0.3) is 0 Å². The smallest absolute Gasteiger partial charge is 0.332 e. The molecule has 0 amide bonds. The van der Waals surface area contributed by atoms with Gasteiger partial charge in [0.25, 0.3) is 0 Å². The summed E-state index contributed by atoms with van der Waals surface area (Å²) in [5.74, 6) is -0.762. The molecule has 1 aromatic carbocycles. The Labute approximate surface area is 147 Å². The van der Waals surface area contributed by atoms with Gasteiger partial charge in [-0.2, -0.15) is 0 Å². The summed E-state index contributed by atoms with van der Waals surface area (Å²) in [4.78, 5) is 31.6. The number of nitrogens with zero attached hydrogens (tertiary/aromatic N) is 2. The monoisotopic (exact) mass is 338 g/mol. The number of ketones is 1. The standard InChI is InChI=1S/C20H22N2O3/c1-20(2,3)25-19(24)17-18(23)16-11-21-10-9-15(16)13-22(17)12-14-7-5-4-6-8-14/h4-11,17H,12-13H2,1-3H3. The molecule has 5 nitrogen and oxygen atoms in total. The van der Waals surface area contributed by atoms with Gasteiger partial charge in [0, 0.05) is 31.0 Å². The lowest BCUT2D eigenvalue weighted by molar-refractivity contribution is -0.160. The maximum absolute atomic E-state index is 13.0. The van der Waals surface area contributed by atoms with Gasteiger partial charge in [0.2, 0.25) is 0 Å². The van der Waals surface area contributed by atoms with Gasteiger partial charge in [-0.15, -0.1) is 0 Å². The van der Waals surface area contributed by atoms with Crippen molar-refractivity contribution in [2.24, 2.45) is 0 Å². The van der Waals surface area contributed by atoms with Gasteiger partial charge >= 0.3 is 5.97 Å². The summed E-state index contributed by atoms with van der Waals surface area (Å²) in [5.41, 5.74) is 1.78. The van der Waals surface area contributed by atoms with E-state index in [2.05, 4.69) is 4.98 Å². The normalized spacial score (nSPS) is 17.9. The van der Waals surface area contributed by atoms with Crippen LogP contribution in [0, 0.1) is 0 Å². The molecule has 1 atom stereocenters. The van der Waals surface area contributed by atoms with Gasteiger partial charge in [0.15, 0.2) is 11.8 Å². The second-order valence-electron chi connectivity index (χ2n) is 7.22. The molecule has 0 fully saturated rings. The predicted molar refractivity (Wildman–Crippen MR) is 93.9 cm³/mol. The average molecular weight is 338 g/mol. The second kappa shape index (κ2) is 6.76. The molecule has 5 heteroatoms. The van der Waals surface area contributed by atoms with E-state index >= 15 is 0 Å². The summed E-state index contributed by atoms with van der Waals surface area (Å²) in [6, 6.07) is 10.7. The minimum Gasteiger partial charge on any atom is -0.458 e. The number of benzene rings is 1. The summed E-state index contributed by atoms with van der Waals surface area (Å²) in [6.45, 7) is 6.40. The first-order valence-corrected chi connectivity index (χ1v) is 8.33. The van der Waals surface area contributed by atoms with Crippen LogP contribution < -0.4 is 0 Å². The van der Waals surface area contributed by atoms with Gasteiger partial charge in [-0.1, -0.05) is 30.3 Å². The highest BCUT2D eigenvalue weighted by Gasteiger charge is 2.41. The highest BCUT2D eigenvalue weighted by atomic mass is 16.6. The molecule has 2 heterocycles. The van der Waals surface area contributed by atoms with Crippen LogP contribution in [-0.2, 0) is 22.6 Å². The third kappa shape index (κ3) is 3.94. The minimum absolute atomic E-state index is 0.250. The molecule has 0 saturated heterocycles. The number of esters is 1. The molecular weight excluding hydrogens is 316 g/mol. The van der Waals surface area contributed by atoms with Crippen molar-refractivity contribution in [3.05, 3.63) is 65.5 Å². The first kappa shape index (κ1) is 17.3. The number of hydrogen-bond donors (Lipinski definition) is 0. The molecule has 0 saturated carbocycles. The van der Waals surface area contributed by atoms with E-state index in [-0.39, 0.29) is 5.78 Å². The predicted octanol–water partition coefficient (Wildman–Crippen LogP) is 2.99. The number of aromatic nitrogens is 1. The second-order valence-corrected chi connectivity index (χ2v) is 7.22. The maximum Gasteiger partial charge on any atom is 0.332 e. The van der Waals surface area contributed by atoms with Crippen LogP contribution in [0.1, 0.15) is 42.3 Å². The molecule has 1 aromatic heterocycles. The van der Waals surface area contributed by atoms with Crippen LogP contribution in [0.15, 0.2) is 48.8 Å². The molecule has 0 aliphatic carbocycles. The molecule has 130 valence electrons. The fourth-order valence-corrected chi connectivity index (χ4v) is 2.99. The molecule has 0 bridgehead atoms. The number of hydrogen-bond acceptors (Lipinski definition) is 5. The highest BCUT2D eigenvalue weighted by Crippen LogP contribution is 2.26. The van der Waals surface area contributed by atoms with Crippen molar-refractivity contribution in [2.45, 2.75) is 45.5 Å². The number of rotatable bonds is 3. The lowest BCUT2D eigenvalue weighted by Gasteiger charge is -2.35. The fraction of sp³-hybridized carbons (Fsp3) is 0.350. The van der Waals surface area contributed by atoms with Crippen molar-refractivity contribution in [3.63, 3.8) is 0 Å². The van der Waals surface area contributed by atoms with Crippen LogP contribution >= 0.6 is 0 Å². The first-order chi connectivity index (χ1) is 11.8. The van der Waals surface area contributed by atoms with Crippen LogP contribution in [0.4, 0.5) is 0 Å². The van der Waals surface area contributed by atoms with E-state index in [1.54, 1.807) is 27.0 Å². The first-order valence-electron chi connectivity index (χ1n) is 8.33. The number of Topliss-reactive ketones (excluding diaryl/α,β-unsaturated/α-hetero) is 1. The Morgan fingerprint density at radius 2 is 1.96 bits per heavy atom. The van der Waals surface area contributed by atoms with Gasteiger partial charge in [-0.25, -0.2) is 4.79 Å². The Morgan fingerprint density at radius 1 is 1.24 bits per heavy atom. The maximum atomic E-state index is 13.0. The third-order valence-corrected chi connectivity index (χ3v) is 4.02. The van der Waals surface area contributed by atoms with Crippen molar-refractivity contribution in [3.8, 4) is 0 Å². The van der Waals surface area contributed by atoms with Crippen LogP contribution in [0.3, 0.4) is 0 Å². The molecular formula is C20H22N2O3. The zero-order chi connectivity index (χ0) is 18.0. The van der Waals surface area contributed by atoms with E-state index in [9.17, 15) is 9.59 Å². The van der Waals surface area contributed by atoms with Gasteiger partial charge in [0.05, 0.1) is 0 Å². The largest absolute Gasteiger partial charge is 0.458 e. The van der Waals surface area contributed by atoms with E-state index in [4.69, 9.17) is 4.74 Å². The zero-order valence-corrected chi connectivity index (χ0v) is 14.7. The van der Waals surface area contributed by atoms with Crippen LogP contribution in [0.5, 0.6) is 0 Å². The number of ether oxygens (including phenoxy) is 1. The SMILES string of the molecule is CC(C)(C)OC(=O)C1C(=O)c2cnccc2CN1Cc1ccccc1. The van der Waals surface area contributed by atoms with Gasteiger partial charge in [-0.3, -0.25) is 14.7 Å². The summed E-state index contributed by atoms with van der Waals surface area (Å²) in [7, 11) is 0. The molecule has 1 aliphatic rings. The number of carbonyl (C=O) groups excluding carboxylic acids is 2. The number of fused-ring (bicyclic) bond motifs is 1. The Bertz CT molecular complexity index is 781. The van der Waals surface area contributed by atoms with E-state index in [1.165, 1.54) is 6.20 Å². The van der Waals surface area contributed by atoms with Crippen LogP contribution in [0.2, 0.25) is 0 Å². The van der Waals surface area contributed by atoms with Crippen molar-refractivity contribution >= 4 is 11.8 Å². The molecule has 0 radical (unpaired) electrons. The van der Waals surface area contributed by atoms with E-state index in [0.29, 0.717) is 18.7 Å². The minimum atomic E-state index is -0.948. The molecule has 1 aliphatic heterocycles. The van der Waals surface area contributed by atoms with Crippen molar-refractivity contribution in [1.29, 1.82) is 0 Å². The zero-order valence-electron chi connectivity index (χ0n) is 14.7. The molecule has 25 heavy (non-hydrogen) atoms. The Morgan fingerprint density at radius 3 is 2.64 bits per heavy atom. The number of carbonyl (C=O) groups is 2. The van der Waals surface area contributed by atoms with Gasteiger partial charge in [0.1, 0.15) is 5.60 Å². The lowest BCUT2D eigenvalue weighted by atomic mass is 9.93. The van der Waals surface area contributed by atoms with E-state index in [0.717, 1.165) is 11.1 Å². The van der Waals surface area contributed by atoms with Crippen LogP contribution in [-0.4, -0.2) is 33.3 Å². The molecule has 0 N–H and O–H groups in total. The average Bonchev–Trinajstić information content (AvgIpc) is 2.54. The summed E-state index contributed by atoms with van der Waals surface area (Å²) in [5, 5.41) is 0. The summed E-state index contributed by atoms with van der Waals surface area (Å²) in [6.07, 6.45) is 3.20. The van der Waals surface area contributed by atoms with Crippen molar-refractivity contribution in [1.82, 2.24) is 9.88 Å². The highest BCUT2D eigenvalue weighted by molar-refractivity contribution is 6.13. The van der Waals surface area contributed by atoms with Gasteiger partial charge < -0.3 is 4.74 Å². The molecule has 0 spiro atoms. The van der Waals surface area contributed by atoms with E-state index < -0.39 is 17.6 Å². The lowest BCUT2D eigenvalue weighted by Crippen LogP contribution is -2.51. The Kier molecular flexibility index (Phi) is 4.68. The molecule has 2 aromatic rings. The third-order valence-electron chi connectivity index (χ3n) is 4.02. The van der Waals surface area contributed by atoms with Crippen molar-refractivity contribution in [2.75, 3.05) is 0 Å². The van der Waals surface area contributed by atoms with Gasteiger partial charge in [-0.05, 0) is 38.0 Å². The van der Waals surface area contributed by atoms with Crippen molar-refractivity contribution < 1.29 is 14.3 Å². The quantitative estimate of drug-likeness (QED) is 0.636.